The van der Waals surface area contributed by atoms with Crippen LogP contribution in [-0.2, 0) is 21.3 Å². The van der Waals surface area contributed by atoms with Crippen LogP contribution in [0.15, 0.2) is 40.7 Å². The number of hydrogen-bond acceptors (Lipinski definition) is 7. The van der Waals surface area contributed by atoms with Gasteiger partial charge in [-0.05, 0) is 23.6 Å². The molecule has 1 aliphatic rings. The minimum atomic E-state index is -3.73. The summed E-state index contributed by atoms with van der Waals surface area (Å²) in [6.45, 7) is 1.41. The van der Waals surface area contributed by atoms with Crippen LogP contribution in [0.5, 0.6) is 0 Å². The molecule has 27 heavy (non-hydrogen) atoms. The number of sulfonamides is 1. The Hall–Kier alpha value is -2.34. The summed E-state index contributed by atoms with van der Waals surface area (Å²) >= 11 is 1.10. The molecule has 1 N–H and O–H groups in total. The first-order valence-electron chi connectivity index (χ1n) is 8.29. The summed E-state index contributed by atoms with van der Waals surface area (Å²) in [7, 11) is -3.73. The van der Waals surface area contributed by atoms with Crippen LogP contribution in [0.2, 0.25) is 0 Å². The number of nitrogens with zero attached hydrogens (tertiary/aromatic N) is 4. The van der Waals surface area contributed by atoms with Crippen LogP contribution >= 0.6 is 11.3 Å². The Morgan fingerprint density at radius 1 is 1.22 bits per heavy atom. The van der Waals surface area contributed by atoms with Gasteiger partial charge in [0.25, 0.3) is 5.91 Å². The molecule has 4 heterocycles. The number of hydrogen-bond donors (Lipinski definition) is 1. The van der Waals surface area contributed by atoms with E-state index in [1.807, 2.05) is 18.2 Å². The van der Waals surface area contributed by atoms with Crippen LogP contribution in [0.4, 0.5) is 0 Å². The Kier molecular flexibility index (Phi) is 4.91. The highest BCUT2D eigenvalue weighted by Gasteiger charge is 2.31. The van der Waals surface area contributed by atoms with Gasteiger partial charge in [-0.3, -0.25) is 9.20 Å². The molecule has 1 aliphatic heterocycles. The molecule has 1 fully saturated rings. The van der Waals surface area contributed by atoms with Gasteiger partial charge < -0.3 is 10.1 Å². The Morgan fingerprint density at radius 2 is 2.04 bits per heavy atom. The Balaban J connectivity index is 1.52. The zero-order chi connectivity index (χ0) is 18.9. The van der Waals surface area contributed by atoms with E-state index >= 15 is 0 Å². The highest BCUT2D eigenvalue weighted by Crippen LogP contribution is 2.26. The van der Waals surface area contributed by atoms with Gasteiger partial charge in [-0.25, -0.2) is 8.42 Å². The number of morpholine rings is 1. The lowest BCUT2D eigenvalue weighted by Crippen LogP contribution is -2.41. The van der Waals surface area contributed by atoms with E-state index in [4.69, 9.17) is 4.74 Å². The highest BCUT2D eigenvalue weighted by atomic mass is 32.2. The first-order valence-corrected chi connectivity index (χ1v) is 10.6. The first-order chi connectivity index (χ1) is 13.1. The maximum atomic E-state index is 12.9. The van der Waals surface area contributed by atoms with Crippen molar-refractivity contribution in [3.8, 4) is 0 Å². The Bertz CT molecular complexity index is 1070. The zero-order valence-electron chi connectivity index (χ0n) is 14.2. The molecule has 1 amide bonds. The van der Waals surface area contributed by atoms with E-state index in [1.54, 1.807) is 16.0 Å². The molecular formula is C16H17N5O4S2. The standard InChI is InChI=1S/C16H17N5O4S2/c22-16(17-11-14-19-18-13-3-1-2-5-21(13)14)15-12(4-10-26-15)27(23,24)20-6-8-25-9-7-20/h1-5,10H,6-9,11H2,(H,17,22). The zero-order valence-corrected chi connectivity index (χ0v) is 15.9. The van der Waals surface area contributed by atoms with Crippen LogP contribution in [0.3, 0.4) is 0 Å². The van der Waals surface area contributed by atoms with Crippen molar-refractivity contribution in [3.05, 3.63) is 46.5 Å². The summed E-state index contributed by atoms with van der Waals surface area (Å²) < 4.78 is 34.0. The molecular weight excluding hydrogens is 390 g/mol. The van der Waals surface area contributed by atoms with E-state index in [0.29, 0.717) is 24.7 Å². The average molecular weight is 407 g/mol. The molecule has 11 heteroatoms. The minimum Gasteiger partial charge on any atom is -0.379 e. The van der Waals surface area contributed by atoms with E-state index in [2.05, 4.69) is 15.5 Å². The molecule has 1 saturated heterocycles. The third-order valence-corrected chi connectivity index (χ3v) is 7.20. The molecule has 0 aliphatic carbocycles. The van der Waals surface area contributed by atoms with Crippen molar-refractivity contribution in [2.24, 2.45) is 0 Å². The number of pyridine rings is 1. The number of amides is 1. The smallest absolute Gasteiger partial charge is 0.263 e. The fraction of sp³-hybridized carbons (Fsp3) is 0.312. The van der Waals surface area contributed by atoms with E-state index in [1.165, 1.54) is 10.4 Å². The number of carbonyl (C=O) groups excluding carboxylic acids is 1. The molecule has 0 saturated carbocycles. The van der Waals surface area contributed by atoms with Gasteiger partial charge in [-0.1, -0.05) is 6.07 Å². The summed E-state index contributed by atoms with van der Waals surface area (Å²) in [6.07, 6.45) is 1.80. The van der Waals surface area contributed by atoms with Crippen molar-refractivity contribution in [2.45, 2.75) is 11.4 Å². The quantitative estimate of drug-likeness (QED) is 0.669. The second-order valence-electron chi connectivity index (χ2n) is 5.86. The maximum absolute atomic E-state index is 12.9. The van der Waals surface area contributed by atoms with E-state index < -0.39 is 15.9 Å². The van der Waals surface area contributed by atoms with Crippen molar-refractivity contribution in [2.75, 3.05) is 26.3 Å². The third-order valence-electron chi connectivity index (χ3n) is 4.21. The fourth-order valence-electron chi connectivity index (χ4n) is 2.84. The summed E-state index contributed by atoms with van der Waals surface area (Å²) in [5, 5.41) is 12.4. The molecule has 0 radical (unpaired) electrons. The van der Waals surface area contributed by atoms with Crippen molar-refractivity contribution in [1.29, 1.82) is 0 Å². The number of rotatable bonds is 5. The van der Waals surface area contributed by atoms with Gasteiger partial charge in [0.15, 0.2) is 11.5 Å². The number of nitrogens with one attached hydrogen (secondary N) is 1. The van der Waals surface area contributed by atoms with Gasteiger partial charge >= 0.3 is 0 Å². The number of aromatic nitrogens is 3. The second-order valence-corrected chi connectivity index (χ2v) is 8.68. The van der Waals surface area contributed by atoms with Gasteiger partial charge in [-0.2, -0.15) is 4.31 Å². The van der Waals surface area contributed by atoms with Crippen LogP contribution in [0.25, 0.3) is 5.65 Å². The molecule has 3 aromatic rings. The molecule has 0 aromatic carbocycles. The normalized spacial score (nSPS) is 15.9. The lowest BCUT2D eigenvalue weighted by Gasteiger charge is -2.26. The van der Waals surface area contributed by atoms with Crippen LogP contribution in [-0.4, -0.2) is 59.5 Å². The number of carbonyl (C=O) groups is 1. The molecule has 0 spiro atoms. The minimum absolute atomic E-state index is 0.0259. The van der Waals surface area contributed by atoms with Gasteiger partial charge in [0.1, 0.15) is 9.77 Å². The Labute approximate surface area is 159 Å². The maximum Gasteiger partial charge on any atom is 0.263 e. The SMILES string of the molecule is O=C(NCc1nnc2ccccn12)c1sccc1S(=O)(=O)N1CCOCC1. The summed E-state index contributed by atoms with van der Waals surface area (Å²) in [5.41, 5.74) is 0.674. The van der Waals surface area contributed by atoms with Crippen molar-refractivity contribution >= 4 is 32.9 Å². The largest absolute Gasteiger partial charge is 0.379 e. The fourth-order valence-corrected chi connectivity index (χ4v) is 5.57. The van der Waals surface area contributed by atoms with Crippen LogP contribution < -0.4 is 5.32 Å². The summed E-state index contributed by atoms with van der Waals surface area (Å²) in [5.74, 6) is 0.109. The van der Waals surface area contributed by atoms with Crippen molar-refractivity contribution < 1.29 is 17.9 Å². The first kappa shape index (κ1) is 18.0. The molecule has 142 valence electrons. The topological polar surface area (TPSA) is 106 Å². The molecule has 0 bridgehead atoms. The van der Waals surface area contributed by atoms with E-state index in [0.717, 1.165) is 11.3 Å². The highest BCUT2D eigenvalue weighted by molar-refractivity contribution is 7.89. The van der Waals surface area contributed by atoms with E-state index in [-0.39, 0.29) is 29.4 Å². The molecule has 0 unspecified atom stereocenters. The molecule has 4 rings (SSSR count). The number of fused-ring (bicyclic) bond motifs is 1. The predicted octanol–water partition coefficient (Wildman–Crippen LogP) is 0.742. The Morgan fingerprint density at radius 3 is 2.85 bits per heavy atom. The van der Waals surface area contributed by atoms with Gasteiger partial charge in [0.2, 0.25) is 10.0 Å². The van der Waals surface area contributed by atoms with Gasteiger partial charge in [-0.15, -0.1) is 21.5 Å². The van der Waals surface area contributed by atoms with Gasteiger partial charge in [0, 0.05) is 19.3 Å². The monoisotopic (exact) mass is 407 g/mol. The third kappa shape index (κ3) is 3.46. The molecule has 9 nitrogen and oxygen atoms in total. The molecule has 0 atom stereocenters. The van der Waals surface area contributed by atoms with Gasteiger partial charge in [0.05, 0.1) is 19.8 Å². The summed E-state index contributed by atoms with van der Waals surface area (Å²) in [6, 6.07) is 6.97. The van der Waals surface area contributed by atoms with Crippen molar-refractivity contribution in [1.82, 2.24) is 24.2 Å². The predicted molar refractivity (Wildman–Crippen MR) is 98.1 cm³/mol. The van der Waals surface area contributed by atoms with Crippen LogP contribution in [0, 0.1) is 0 Å². The average Bonchev–Trinajstić information content (AvgIpc) is 3.34. The number of ether oxygens (including phenoxy) is 1. The van der Waals surface area contributed by atoms with Crippen molar-refractivity contribution in [3.63, 3.8) is 0 Å². The van der Waals surface area contributed by atoms with Crippen LogP contribution in [0.1, 0.15) is 15.5 Å². The molecule has 3 aromatic heterocycles. The summed E-state index contributed by atoms with van der Waals surface area (Å²) in [4.78, 5) is 12.8. The lowest BCUT2D eigenvalue weighted by atomic mass is 10.4. The second kappa shape index (κ2) is 7.35. The number of thiophene rings is 1. The lowest BCUT2D eigenvalue weighted by molar-refractivity contribution is 0.0730. The van der Waals surface area contributed by atoms with E-state index in [9.17, 15) is 13.2 Å².